The second-order valence-corrected chi connectivity index (χ2v) is 4.67. The van der Waals surface area contributed by atoms with Crippen molar-refractivity contribution in [1.82, 2.24) is 14.9 Å². The lowest BCUT2D eigenvalue weighted by Gasteiger charge is -2.05. The summed E-state index contributed by atoms with van der Waals surface area (Å²) in [6.45, 7) is 3.62. The minimum absolute atomic E-state index is 0.261. The van der Waals surface area contributed by atoms with Crippen LogP contribution in [0.25, 0.3) is 5.69 Å². The van der Waals surface area contributed by atoms with Gasteiger partial charge in [0.1, 0.15) is 5.76 Å². The van der Waals surface area contributed by atoms with Gasteiger partial charge in [-0.3, -0.25) is 4.79 Å². The molecule has 3 aromatic rings. The second kappa shape index (κ2) is 5.24. The minimum atomic E-state index is -0.261. The van der Waals surface area contributed by atoms with Gasteiger partial charge in [-0.15, -0.1) is 0 Å². The lowest BCUT2D eigenvalue weighted by molar-refractivity contribution is 0.102. The minimum Gasteiger partial charge on any atom is -0.360 e. The number of hydrogen-bond acceptors (Lipinski definition) is 4. The zero-order valence-corrected chi connectivity index (χ0v) is 11.7. The van der Waals surface area contributed by atoms with Crippen molar-refractivity contribution in [3.8, 4) is 5.69 Å². The summed E-state index contributed by atoms with van der Waals surface area (Å²) in [6, 6.07) is 11.3. The average Bonchev–Trinajstić information content (AvgIpc) is 3.06. The van der Waals surface area contributed by atoms with Gasteiger partial charge in [-0.05, 0) is 26.0 Å². The standard InChI is InChI=1S/C15H14N4O2/c1-10-8-14(18-21-10)17-15(20)13-9-16-19(11(13)2)12-6-4-3-5-7-12/h3-9H,1-2H3,(H,17,18,20). The van der Waals surface area contributed by atoms with Crippen LogP contribution in [0.3, 0.4) is 0 Å². The van der Waals surface area contributed by atoms with E-state index in [4.69, 9.17) is 4.52 Å². The van der Waals surface area contributed by atoms with E-state index in [1.807, 2.05) is 37.3 Å². The molecule has 1 N–H and O–H groups in total. The number of nitrogens with zero attached hydrogens (tertiary/aromatic N) is 3. The molecule has 106 valence electrons. The van der Waals surface area contributed by atoms with Crippen LogP contribution in [0.2, 0.25) is 0 Å². The number of para-hydroxylation sites is 1. The quantitative estimate of drug-likeness (QED) is 0.801. The number of nitrogens with one attached hydrogen (secondary N) is 1. The van der Waals surface area contributed by atoms with Gasteiger partial charge in [0, 0.05) is 6.07 Å². The van der Waals surface area contributed by atoms with E-state index in [-0.39, 0.29) is 5.91 Å². The van der Waals surface area contributed by atoms with E-state index >= 15 is 0 Å². The maximum Gasteiger partial charge on any atom is 0.260 e. The number of carbonyl (C=O) groups is 1. The fourth-order valence-corrected chi connectivity index (χ4v) is 2.07. The summed E-state index contributed by atoms with van der Waals surface area (Å²) in [5.41, 5.74) is 2.17. The van der Waals surface area contributed by atoms with E-state index < -0.39 is 0 Å². The topological polar surface area (TPSA) is 73.0 Å². The molecule has 0 spiro atoms. The highest BCUT2D eigenvalue weighted by Gasteiger charge is 2.16. The van der Waals surface area contributed by atoms with Gasteiger partial charge in [0.15, 0.2) is 5.82 Å². The Labute approximate surface area is 121 Å². The maximum atomic E-state index is 12.2. The van der Waals surface area contributed by atoms with E-state index in [1.165, 1.54) is 0 Å². The van der Waals surface area contributed by atoms with E-state index in [0.717, 1.165) is 11.4 Å². The van der Waals surface area contributed by atoms with Gasteiger partial charge in [0.25, 0.3) is 5.91 Å². The molecule has 0 bridgehead atoms. The smallest absolute Gasteiger partial charge is 0.260 e. The molecule has 0 fully saturated rings. The highest BCUT2D eigenvalue weighted by molar-refractivity contribution is 6.04. The van der Waals surface area contributed by atoms with Gasteiger partial charge >= 0.3 is 0 Å². The zero-order valence-electron chi connectivity index (χ0n) is 11.7. The monoisotopic (exact) mass is 282 g/mol. The Bertz CT molecular complexity index is 774. The average molecular weight is 282 g/mol. The number of hydrogen-bond donors (Lipinski definition) is 1. The molecule has 2 heterocycles. The fraction of sp³-hybridized carbons (Fsp3) is 0.133. The third-order valence-corrected chi connectivity index (χ3v) is 3.12. The van der Waals surface area contributed by atoms with Crippen LogP contribution in [0.5, 0.6) is 0 Å². The summed E-state index contributed by atoms with van der Waals surface area (Å²) in [5, 5.41) is 10.7. The summed E-state index contributed by atoms with van der Waals surface area (Å²) in [4.78, 5) is 12.2. The highest BCUT2D eigenvalue weighted by atomic mass is 16.5. The van der Waals surface area contributed by atoms with Crippen molar-refractivity contribution < 1.29 is 9.32 Å². The summed E-state index contributed by atoms with van der Waals surface area (Å²) >= 11 is 0. The number of aryl methyl sites for hydroxylation is 1. The largest absolute Gasteiger partial charge is 0.360 e. The molecule has 0 aliphatic carbocycles. The van der Waals surface area contributed by atoms with Crippen molar-refractivity contribution in [1.29, 1.82) is 0 Å². The van der Waals surface area contributed by atoms with Crippen LogP contribution < -0.4 is 5.32 Å². The Hall–Kier alpha value is -2.89. The predicted octanol–water partition coefficient (Wildman–Crippen LogP) is 2.73. The first-order chi connectivity index (χ1) is 10.1. The van der Waals surface area contributed by atoms with E-state index in [0.29, 0.717) is 17.1 Å². The van der Waals surface area contributed by atoms with Crippen LogP contribution in [0.15, 0.2) is 47.1 Å². The van der Waals surface area contributed by atoms with Crippen LogP contribution in [-0.2, 0) is 0 Å². The van der Waals surface area contributed by atoms with Crippen LogP contribution in [0, 0.1) is 13.8 Å². The van der Waals surface area contributed by atoms with Crippen LogP contribution >= 0.6 is 0 Å². The molecular weight excluding hydrogens is 268 g/mol. The molecule has 0 unspecified atom stereocenters. The summed E-state index contributed by atoms with van der Waals surface area (Å²) in [5.74, 6) is 0.773. The Morgan fingerprint density at radius 2 is 2.00 bits per heavy atom. The number of aromatic nitrogens is 3. The molecule has 21 heavy (non-hydrogen) atoms. The van der Waals surface area contributed by atoms with Crippen molar-refractivity contribution in [2.45, 2.75) is 13.8 Å². The van der Waals surface area contributed by atoms with Gasteiger partial charge in [-0.25, -0.2) is 4.68 Å². The summed E-state index contributed by atoms with van der Waals surface area (Å²) in [7, 11) is 0. The summed E-state index contributed by atoms with van der Waals surface area (Å²) < 4.78 is 6.65. The van der Waals surface area contributed by atoms with Crippen molar-refractivity contribution in [2.75, 3.05) is 5.32 Å². The molecule has 0 saturated carbocycles. The number of anilines is 1. The van der Waals surface area contributed by atoms with E-state index in [1.54, 1.807) is 23.9 Å². The van der Waals surface area contributed by atoms with Gasteiger partial charge in [-0.1, -0.05) is 23.4 Å². The molecule has 6 nitrogen and oxygen atoms in total. The molecule has 1 amide bonds. The molecule has 1 aromatic carbocycles. The first kappa shape index (κ1) is 13.1. The van der Waals surface area contributed by atoms with Crippen molar-refractivity contribution in [2.24, 2.45) is 0 Å². The maximum absolute atomic E-state index is 12.2. The molecule has 0 atom stereocenters. The molecule has 0 saturated heterocycles. The normalized spacial score (nSPS) is 10.6. The van der Waals surface area contributed by atoms with E-state index in [9.17, 15) is 4.79 Å². The lowest BCUT2D eigenvalue weighted by atomic mass is 10.2. The zero-order chi connectivity index (χ0) is 14.8. The van der Waals surface area contributed by atoms with Crippen molar-refractivity contribution in [3.05, 3.63) is 59.6 Å². The third kappa shape index (κ3) is 2.55. The Morgan fingerprint density at radius 3 is 2.67 bits per heavy atom. The van der Waals surface area contributed by atoms with Gasteiger partial charge in [-0.2, -0.15) is 5.10 Å². The molecule has 0 radical (unpaired) electrons. The fourth-order valence-electron chi connectivity index (χ4n) is 2.07. The Morgan fingerprint density at radius 1 is 1.24 bits per heavy atom. The molecule has 3 rings (SSSR count). The van der Waals surface area contributed by atoms with Crippen LogP contribution in [0.1, 0.15) is 21.8 Å². The molecule has 2 aromatic heterocycles. The first-order valence-electron chi connectivity index (χ1n) is 6.50. The first-order valence-corrected chi connectivity index (χ1v) is 6.50. The number of benzene rings is 1. The van der Waals surface area contributed by atoms with Crippen LogP contribution in [-0.4, -0.2) is 20.8 Å². The van der Waals surface area contributed by atoms with Gasteiger partial charge in [0.2, 0.25) is 0 Å². The molecule has 0 aliphatic rings. The highest BCUT2D eigenvalue weighted by Crippen LogP contribution is 2.16. The van der Waals surface area contributed by atoms with E-state index in [2.05, 4.69) is 15.6 Å². The second-order valence-electron chi connectivity index (χ2n) is 4.67. The van der Waals surface area contributed by atoms with Gasteiger partial charge in [0.05, 0.1) is 23.1 Å². The van der Waals surface area contributed by atoms with Crippen molar-refractivity contribution in [3.63, 3.8) is 0 Å². The number of rotatable bonds is 3. The molecule has 0 aliphatic heterocycles. The summed E-state index contributed by atoms with van der Waals surface area (Å²) in [6.07, 6.45) is 1.55. The van der Waals surface area contributed by atoms with Crippen LogP contribution in [0.4, 0.5) is 5.82 Å². The third-order valence-electron chi connectivity index (χ3n) is 3.12. The molecule has 6 heteroatoms. The number of amides is 1. The number of carbonyl (C=O) groups excluding carboxylic acids is 1. The predicted molar refractivity (Wildman–Crippen MR) is 77.5 cm³/mol. The van der Waals surface area contributed by atoms with Gasteiger partial charge < -0.3 is 9.84 Å². The molecular formula is C15H14N4O2. The SMILES string of the molecule is Cc1cc(NC(=O)c2cnn(-c3ccccc3)c2C)no1. The van der Waals surface area contributed by atoms with Crippen molar-refractivity contribution >= 4 is 11.7 Å². The Balaban J connectivity index is 1.87. The Kier molecular flexibility index (Phi) is 3.27. The lowest BCUT2D eigenvalue weighted by Crippen LogP contribution is -2.13.